The first-order chi connectivity index (χ1) is 9.43. The van der Waals surface area contributed by atoms with Crippen molar-refractivity contribution in [2.45, 2.75) is 57.9 Å². The Morgan fingerprint density at radius 1 is 1.25 bits per heavy atom. The van der Waals surface area contributed by atoms with Crippen molar-refractivity contribution in [2.75, 3.05) is 26.7 Å². The van der Waals surface area contributed by atoms with Crippen LogP contribution in [0.15, 0.2) is 0 Å². The van der Waals surface area contributed by atoms with Crippen LogP contribution in [0.25, 0.3) is 0 Å². The summed E-state index contributed by atoms with van der Waals surface area (Å²) in [7, 11) is -1.62. The molecule has 2 N–H and O–H groups in total. The molecule has 0 bridgehead atoms. The Morgan fingerprint density at radius 3 is 2.55 bits per heavy atom. The predicted molar refractivity (Wildman–Crippen MR) is 81.8 cm³/mol. The molecule has 118 valence electrons. The smallest absolute Gasteiger partial charge is 0.279 e. The first-order valence-electron chi connectivity index (χ1n) is 7.86. The third kappa shape index (κ3) is 4.16. The third-order valence-electron chi connectivity index (χ3n) is 4.84. The molecule has 1 aliphatic heterocycles. The third-order valence-corrected chi connectivity index (χ3v) is 6.40. The molecule has 0 radical (unpaired) electrons. The van der Waals surface area contributed by atoms with E-state index in [1.54, 1.807) is 11.4 Å². The summed E-state index contributed by atoms with van der Waals surface area (Å²) in [4.78, 5) is 0. The van der Waals surface area contributed by atoms with Gasteiger partial charge in [-0.25, -0.2) is 4.72 Å². The van der Waals surface area contributed by atoms with Crippen molar-refractivity contribution in [3.8, 4) is 0 Å². The molecule has 20 heavy (non-hydrogen) atoms. The molecule has 1 aliphatic carbocycles. The minimum atomic E-state index is -3.34. The van der Waals surface area contributed by atoms with Crippen molar-refractivity contribution in [2.24, 2.45) is 5.41 Å². The van der Waals surface area contributed by atoms with E-state index in [1.807, 2.05) is 0 Å². The summed E-state index contributed by atoms with van der Waals surface area (Å²) in [6, 6.07) is 0.179. The van der Waals surface area contributed by atoms with E-state index in [9.17, 15) is 8.42 Å². The summed E-state index contributed by atoms with van der Waals surface area (Å²) in [5, 5.41) is 3.36. The lowest BCUT2D eigenvalue weighted by Gasteiger charge is -2.36. The molecule has 0 aromatic carbocycles. The molecule has 0 aromatic rings. The lowest BCUT2D eigenvalue weighted by molar-refractivity contribution is 0.233. The Morgan fingerprint density at radius 2 is 1.95 bits per heavy atom. The van der Waals surface area contributed by atoms with Gasteiger partial charge in [0.15, 0.2) is 0 Å². The van der Waals surface area contributed by atoms with Crippen molar-refractivity contribution in [3.63, 3.8) is 0 Å². The first kappa shape index (κ1) is 16.2. The second-order valence-electron chi connectivity index (χ2n) is 6.73. The fraction of sp³-hybridized carbons (Fsp3) is 1.00. The Bertz CT molecular complexity index is 399. The van der Waals surface area contributed by atoms with Crippen molar-refractivity contribution >= 4 is 10.2 Å². The molecule has 5 nitrogen and oxygen atoms in total. The van der Waals surface area contributed by atoms with E-state index >= 15 is 0 Å². The summed E-state index contributed by atoms with van der Waals surface area (Å²) in [5.74, 6) is 0. The average Bonchev–Trinajstić information content (AvgIpc) is 2.46. The highest BCUT2D eigenvalue weighted by molar-refractivity contribution is 7.87. The van der Waals surface area contributed by atoms with Crippen LogP contribution in [0.5, 0.6) is 0 Å². The van der Waals surface area contributed by atoms with Crippen molar-refractivity contribution in [3.05, 3.63) is 0 Å². The second kappa shape index (κ2) is 6.73. The Balaban J connectivity index is 1.89. The molecule has 0 spiro atoms. The van der Waals surface area contributed by atoms with E-state index in [0.717, 1.165) is 51.6 Å². The number of rotatable bonds is 5. The maximum atomic E-state index is 12.4. The zero-order valence-corrected chi connectivity index (χ0v) is 13.6. The minimum Gasteiger partial charge on any atom is -0.316 e. The van der Waals surface area contributed by atoms with Crippen LogP contribution >= 0.6 is 0 Å². The Labute approximate surface area is 123 Å². The fourth-order valence-electron chi connectivity index (χ4n) is 3.28. The van der Waals surface area contributed by atoms with Gasteiger partial charge in [-0.05, 0) is 37.6 Å². The standard InChI is InChI=1S/C14H29N3O2S/c1-14(9-6-10-15-11-14)12-16-20(18,19)17(2)13-7-4-3-5-8-13/h13,15-16H,3-12H2,1-2H3. The molecule has 1 atom stereocenters. The molecule has 1 saturated carbocycles. The second-order valence-corrected chi connectivity index (χ2v) is 8.54. The van der Waals surface area contributed by atoms with E-state index in [1.165, 1.54) is 6.42 Å². The van der Waals surface area contributed by atoms with E-state index in [4.69, 9.17) is 0 Å². The number of hydrogen-bond acceptors (Lipinski definition) is 3. The van der Waals surface area contributed by atoms with Crippen molar-refractivity contribution < 1.29 is 8.42 Å². The quantitative estimate of drug-likeness (QED) is 0.808. The van der Waals surface area contributed by atoms with E-state index in [-0.39, 0.29) is 11.5 Å². The fourth-order valence-corrected chi connectivity index (χ4v) is 4.62. The zero-order valence-electron chi connectivity index (χ0n) is 12.8. The van der Waals surface area contributed by atoms with Gasteiger partial charge in [0.25, 0.3) is 10.2 Å². The van der Waals surface area contributed by atoms with Crippen LogP contribution in [0, 0.1) is 5.41 Å². The monoisotopic (exact) mass is 303 g/mol. The summed E-state index contributed by atoms with van der Waals surface area (Å²) in [5.41, 5.74) is 0.0404. The largest absolute Gasteiger partial charge is 0.316 e. The highest BCUT2D eigenvalue weighted by atomic mass is 32.2. The van der Waals surface area contributed by atoms with Gasteiger partial charge in [0.2, 0.25) is 0 Å². The molecule has 2 rings (SSSR count). The van der Waals surface area contributed by atoms with Gasteiger partial charge in [-0.2, -0.15) is 12.7 Å². The zero-order chi connectivity index (χ0) is 14.6. The first-order valence-corrected chi connectivity index (χ1v) is 9.30. The Kier molecular flexibility index (Phi) is 5.45. The molecule has 2 fully saturated rings. The van der Waals surface area contributed by atoms with Crippen LogP contribution < -0.4 is 10.0 Å². The molecule has 0 aromatic heterocycles. The predicted octanol–water partition coefficient (Wildman–Crippen LogP) is 1.47. The number of hydrogen-bond donors (Lipinski definition) is 2. The van der Waals surface area contributed by atoms with Crippen LogP contribution in [0.2, 0.25) is 0 Å². The van der Waals surface area contributed by atoms with Gasteiger partial charge in [0.1, 0.15) is 0 Å². The van der Waals surface area contributed by atoms with Gasteiger partial charge in [-0.1, -0.05) is 26.2 Å². The van der Waals surface area contributed by atoms with Crippen LogP contribution in [-0.4, -0.2) is 45.4 Å². The van der Waals surface area contributed by atoms with Gasteiger partial charge < -0.3 is 5.32 Å². The maximum Gasteiger partial charge on any atom is 0.279 e. The highest BCUT2D eigenvalue weighted by Crippen LogP contribution is 2.26. The molecule has 2 aliphatic rings. The lowest BCUT2D eigenvalue weighted by atomic mass is 9.83. The maximum absolute atomic E-state index is 12.4. The summed E-state index contributed by atoms with van der Waals surface area (Å²) >= 11 is 0. The van der Waals surface area contributed by atoms with Gasteiger partial charge in [0, 0.05) is 26.2 Å². The normalized spacial score (nSPS) is 29.8. The molecule has 0 amide bonds. The summed E-state index contributed by atoms with van der Waals surface area (Å²) < 4.78 is 29.2. The molecule has 1 heterocycles. The number of nitrogens with one attached hydrogen (secondary N) is 2. The average molecular weight is 303 g/mol. The molecule has 1 unspecified atom stereocenters. The van der Waals surface area contributed by atoms with Crippen molar-refractivity contribution in [1.82, 2.24) is 14.3 Å². The SMILES string of the molecule is CN(C1CCCCC1)S(=O)(=O)NCC1(C)CCCNC1. The topological polar surface area (TPSA) is 61.4 Å². The molecule has 1 saturated heterocycles. The molecular weight excluding hydrogens is 274 g/mol. The lowest BCUT2D eigenvalue weighted by Crippen LogP contribution is -2.50. The van der Waals surface area contributed by atoms with E-state index in [0.29, 0.717) is 6.54 Å². The van der Waals surface area contributed by atoms with Crippen LogP contribution in [-0.2, 0) is 10.2 Å². The minimum absolute atomic E-state index is 0.0404. The van der Waals surface area contributed by atoms with Crippen LogP contribution in [0.1, 0.15) is 51.9 Å². The number of nitrogens with zero attached hydrogens (tertiary/aromatic N) is 1. The van der Waals surface area contributed by atoms with Gasteiger partial charge in [-0.3, -0.25) is 0 Å². The highest BCUT2D eigenvalue weighted by Gasteiger charge is 2.32. The van der Waals surface area contributed by atoms with E-state index < -0.39 is 10.2 Å². The summed E-state index contributed by atoms with van der Waals surface area (Å²) in [6.07, 6.45) is 7.72. The summed E-state index contributed by atoms with van der Waals surface area (Å²) in [6.45, 7) is 4.62. The van der Waals surface area contributed by atoms with Crippen molar-refractivity contribution in [1.29, 1.82) is 0 Å². The van der Waals surface area contributed by atoms with Crippen LogP contribution in [0.3, 0.4) is 0 Å². The van der Waals surface area contributed by atoms with E-state index in [2.05, 4.69) is 17.0 Å². The Hall–Kier alpha value is -0.170. The molecule has 6 heteroatoms. The van der Waals surface area contributed by atoms with Gasteiger partial charge >= 0.3 is 0 Å². The number of piperidine rings is 1. The van der Waals surface area contributed by atoms with Gasteiger partial charge in [-0.15, -0.1) is 0 Å². The molecular formula is C14H29N3O2S. The van der Waals surface area contributed by atoms with Gasteiger partial charge in [0.05, 0.1) is 0 Å². The van der Waals surface area contributed by atoms with Crippen LogP contribution in [0.4, 0.5) is 0 Å².